The third-order valence-electron chi connectivity index (χ3n) is 3.41. The lowest BCUT2D eigenvalue weighted by molar-refractivity contribution is -0.520. The summed E-state index contributed by atoms with van der Waals surface area (Å²) in [6, 6.07) is 10.3. The van der Waals surface area contributed by atoms with E-state index in [9.17, 15) is 18.5 Å². The minimum absolute atomic E-state index is 0.0809. The Bertz CT molecular complexity index is 886. The number of alkyl halides is 2. The molecule has 2 aromatic rings. The molecule has 0 aromatic heterocycles. The van der Waals surface area contributed by atoms with Crippen LogP contribution >= 0.6 is 34.8 Å². The van der Waals surface area contributed by atoms with Crippen molar-refractivity contribution in [3.05, 3.63) is 74.8 Å². The number of nitro groups is 1. The van der Waals surface area contributed by atoms with Crippen LogP contribution in [0.2, 0.25) is 5.02 Å². The van der Waals surface area contributed by atoms with Gasteiger partial charge in [-0.15, -0.1) is 0 Å². The summed E-state index contributed by atoms with van der Waals surface area (Å²) in [6.45, 7) is 1.80. The van der Waals surface area contributed by atoms with Crippen LogP contribution in [-0.4, -0.2) is 17.8 Å². The van der Waals surface area contributed by atoms with Crippen LogP contribution in [0.5, 0.6) is 0 Å². The van der Waals surface area contributed by atoms with Crippen molar-refractivity contribution >= 4 is 44.8 Å². The maximum atomic E-state index is 12.6. The normalized spacial score (nSPS) is 13.4. The maximum Gasteiger partial charge on any atom is 0.390 e. The molecular weight excluding hydrogens is 411 g/mol. The molecule has 0 saturated heterocycles. The number of hydrogen-bond acceptors (Lipinski definition) is 4. The van der Waals surface area contributed by atoms with Crippen molar-refractivity contribution in [3.63, 3.8) is 0 Å². The highest BCUT2D eigenvalue weighted by Crippen LogP contribution is 2.40. The molecule has 1 N–H and O–H groups in total. The summed E-state index contributed by atoms with van der Waals surface area (Å²) in [5.74, 6) is 0. The first kappa shape index (κ1) is 19.9. The molecule has 2 rings (SSSR count). The topological polar surface area (TPSA) is 89.3 Å². The summed E-state index contributed by atoms with van der Waals surface area (Å²) in [4.78, 5) is 10.2. The Morgan fingerprint density at radius 1 is 1.12 bits per heavy atom. The molecule has 0 bridgehead atoms. The highest BCUT2D eigenvalue weighted by Gasteiger charge is 2.50. The maximum absolute atomic E-state index is 12.6. The van der Waals surface area contributed by atoms with Gasteiger partial charge >= 0.3 is 4.46 Å². The molecule has 0 aliphatic carbocycles. The summed E-state index contributed by atoms with van der Waals surface area (Å²) in [5.41, 5.74) is 0.942. The summed E-state index contributed by atoms with van der Waals surface area (Å²) in [6.07, 6.45) is 0. The van der Waals surface area contributed by atoms with Crippen LogP contribution in [-0.2, 0) is 10.0 Å². The molecule has 0 unspecified atom stereocenters. The lowest BCUT2D eigenvalue weighted by atomic mass is 10.1. The van der Waals surface area contributed by atoms with E-state index in [4.69, 9.17) is 34.8 Å². The van der Waals surface area contributed by atoms with Crippen molar-refractivity contribution < 1.29 is 13.3 Å². The smallest absolute Gasteiger partial charge is 0.261 e. The van der Waals surface area contributed by atoms with Crippen molar-refractivity contribution in [1.82, 2.24) is 4.72 Å². The van der Waals surface area contributed by atoms with E-state index >= 15 is 0 Å². The van der Waals surface area contributed by atoms with E-state index in [0.29, 0.717) is 0 Å². The van der Waals surface area contributed by atoms with Crippen molar-refractivity contribution in [2.24, 2.45) is 0 Å². The zero-order valence-corrected chi connectivity index (χ0v) is 15.9. The highest BCUT2D eigenvalue weighted by atomic mass is 35.5. The van der Waals surface area contributed by atoms with Gasteiger partial charge in [0.1, 0.15) is 6.04 Å². The van der Waals surface area contributed by atoms with Gasteiger partial charge in [-0.05, 0) is 53.9 Å². The fourth-order valence-electron chi connectivity index (χ4n) is 2.08. The number of hydrogen-bond donors (Lipinski definition) is 1. The number of nitrogens with one attached hydrogen (secondary N) is 1. The predicted molar refractivity (Wildman–Crippen MR) is 97.1 cm³/mol. The Hall–Kier alpha value is -1.38. The van der Waals surface area contributed by atoms with Gasteiger partial charge in [-0.25, -0.2) is 8.42 Å². The van der Waals surface area contributed by atoms with Crippen molar-refractivity contribution in [2.75, 3.05) is 0 Å². The molecule has 0 radical (unpaired) electrons. The van der Waals surface area contributed by atoms with E-state index in [1.807, 2.05) is 0 Å². The van der Waals surface area contributed by atoms with Gasteiger partial charge in [-0.2, -0.15) is 4.72 Å². The Balaban J connectivity index is 2.52. The molecule has 134 valence electrons. The molecule has 0 heterocycles. The second-order valence-corrected chi connectivity index (χ2v) is 8.70. The third kappa shape index (κ3) is 4.43. The van der Waals surface area contributed by atoms with Crippen molar-refractivity contribution in [2.45, 2.75) is 22.3 Å². The van der Waals surface area contributed by atoms with Crippen LogP contribution in [0.4, 0.5) is 0 Å². The van der Waals surface area contributed by atoms with Crippen molar-refractivity contribution in [3.8, 4) is 0 Å². The van der Waals surface area contributed by atoms with Gasteiger partial charge in [-0.1, -0.05) is 47.5 Å². The largest absolute Gasteiger partial charge is 0.390 e. The zero-order valence-electron chi connectivity index (χ0n) is 12.8. The van der Waals surface area contributed by atoms with Gasteiger partial charge in [0.05, 0.1) is 9.82 Å². The first-order chi connectivity index (χ1) is 11.6. The minimum atomic E-state index is -4.14. The molecule has 10 heteroatoms. The molecule has 2 aromatic carbocycles. The fraction of sp³-hybridized carbons (Fsp3) is 0.200. The van der Waals surface area contributed by atoms with Gasteiger partial charge in [0.25, 0.3) is 0 Å². The van der Waals surface area contributed by atoms with Gasteiger partial charge in [0.2, 0.25) is 10.0 Å². The molecular formula is C15H13Cl3N2O4S. The number of rotatable bonds is 6. The molecule has 0 fully saturated rings. The van der Waals surface area contributed by atoms with Crippen molar-refractivity contribution in [1.29, 1.82) is 0 Å². The first-order valence-corrected chi connectivity index (χ1v) is 9.53. The molecule has 0 aliphatic rings. The number of nitrogens with zero attached hydrogens (tertiary/aromatic N) is 1. The van der Waals surface area contributed by atoms with E-state index < -0.39 is 25.4 Å². The summed E-state index contributed by atoms with van der Waals surface area (Å²) >= 11 is 17.7. The Morgan fingerprint density at radius 2 is 1.68 bits per heavy atom. The van der Waals surface area contributed by atoms with Crippen LogP contribution in [0.25, 0.3) is 0 Å². The lowest BCUT2D eigenvalue weighted by Crippen LogP contribution is -2.44. The van der Waals surface area contributed by atoms with E-state index in [1.165, 1.54) is 30.3 Å². The molecule has 6 nitrogen and oxygen atoms in total. The Kier molecular flexibility index (Phi) is 5.96. The minimum Gasteiger partial charge on any atom is -0.261 e. The number of halogens is 3. The van der Waals surface area contributed by atoms with Crippen LogP contribution in [0, 0.1) is 17.0 Å². The van der Waals surface area contributed by atoms with Gasteiger partial charge < -0.3 is 0 Å². The second-order valence-electron chi connectivity index (χ2n) is 5.23. The second kappa shape index (κ2) is 7.47. The molecule has 25 heavy (non-hydrogen) atoms. The Morgan fingerprint density at radius 3 is 2.20 bits per heavy atom. The average Bonchev–Trinajstić information content (AvgIpc) is 2.53. The monoisotopic (exact) mass is 422 g/mol. The van der Waals surface area contributed by atoms with E-state index in [-0.39, 0.29) is 15.5 Å². The van der Waals surface area contributed by atoms with Gasteiger partial charge in [0, 0.05) is 5.02 Å². The van der Waals surface area contributed by atoms with E-state index in [1.54, 1.807) is 25.1 Å². The fourth-order valence-corrected chi connectivity index (χ4v) is 4.03. The number of benzene rings is 2. The molecule has 0 spiro atoms. The molecule has 0 aliphatic heterocycles. The number of aryl methyl sites for hydroxylation is 1. The molecule has 1 atom stereocenters. The third-order valence-corrected chi connectivity index (χ3v) is 5.91. The quantitative estimate of drug-likeness (QED) is 0.328. The Labute approximate surface area is 159 Å². The number of sulfonamides is 1. The summed E-state index contributed by atoms with van der Waals surface area (Å²) < 4.78 is 24.8. The predicted octanol–water partition coefficient (Wildman–Crippen LogP) is 4.08. The average molecular weight is 424 g/mol. The summed E-state index contributed by atoms with van der Waals surface area (Å²) in [7, 11) is -4.14. The zero-order chi connectivity index (χ0) is 18.8. The standard InChI is InChI=1S/C15H13Cl3N2O4S/c1-10-6-8-11(9-7-10)25(23,24)19-14(15(17,18)20(21)22)12-4-2-3-5-13(12)16/h2-9,14,19H,1H3/t14-/m0/s1. The van der Waals surface area contributed by atoms with Crippen LogP contribution in [0.1, 0.15) is 17.2 Å². The lowest BCUT2D eigenvalue weighted by Gasteiger charge is -2.24. The van der Waals surface area contributed by atoms with Crippen LogP contribution in [0.15, 0.2) is 53.4 Å². The SMILES string of the molecule is Cc1ccc(S(=O)(=O)N[C@@H](c2ccccc2Cl)C(Cl)(Cl)[N+](=O)[O-])cc1. The van der Waals surface area contributed by atoms with Gasteiger partial charge in [0.15, 0.2) is 0 Å². The first-order valence-electron chi connectivity index (χ1n) is 6.91. The van der Waals surface area contributed by atoms with Crippen LogP contribution in [0.3, 0.4) is 0 Å². The molecule has 0 amide bonds. The van der Waals surface area contributed by atoms with Crippen LogP contribution < -0.4 is 4.72 Å². The van der Waals surface area contributed by atoms with E-state index in [2.05, 4.69) is 4.72 Å². The van der Waals surface area contributed by atoms with Gasteiger partial charge in [-0.3, -0.25) is 10.1 Å². The summed E-state index contributed by atoms with van der Waals surface area (Å²) in [5, 5.41) is 11.4. The highest BCUT2D eigenvalue weighted by molar-refractivity contribution is 7.89. The molecule has 0 saturated carbocycles. The van der Waals surface area contributed by atoms with E-state index in [0.717, 1.165) is 5.56 Å².